The number of carboxylic acid groups (broad SMARTS) is 1. The summed E-state index contributed by atoms with van der Waals surface area (Å²) in [4.78, 5) is 24.6. The maximum absolute atomic E-state index is 11.7. The molecule has 1 aromatic carbocycles. The Bertz CT molecular complexity index is 551. The number of alkyl carbamates (subject to hydrolysis) is 1. The zero-order valence-corrected chi connectivity index (χ0v) is 13.0. The number of likely N-dealkylation sites (tertiary alicyclic amines) is 1. The number of carboxylic acids is 1. The Kier molecular flexibility index (Phi) is 6.47. The van der Waals surface area contributed by atoms with Crippen LogP contribution in [-0.4, -0.2) is 41.7 Å². The van der Waals surface area contributed by atoms with Crippen LogP contribution in [0.25, 0.3) is 0 Å². The first-order valence-corrected chi connectivity index (χ1v) is 7.78. The van der Waals surface area contributed by atoms with Crippen LogP contribution in [0, 0.1) is 0 Å². The van der Waals surface area contributed by atoms with Gasteiger partial charge in [-0.25, -0.2) is 9.59 Å². The molecule has 124 valence electrons. The molecule has 0 radical (unpaired) electrons. The number of hydrogen-bond acceptors (Lipinski definition) is 4. The number of nitrogens with zero attached hydrogens (tertiary/aromatic N) is 1. The standard InChI is InChI=1S/C17H22N2O4/c20-16(21)12-15(19-10-4-5-11-19)8-9-18-17(22)23-13-14-6-2-1-3-7-14/h1-3,6-7,12H,4-5,8-11,13H2,(H,18,22)(H,20,21). The summed E-state index contributed by atoms with van der Waals surface area (Å²) in [5.41, 5.74) is 1.67. The van der Waals surface area contributed by atoms with Crippen LogP contribution in [0.5, 0.6) is 0 Å². The molecule has 0 spiro atoms. The lowest BCUT2D eigenvalue weighted by molar-refractivity contribution is -0.131. The highest BCUT2D eigenvalue weighted by Crippen LogP contribution is 2.16. The Hall–Kier alpha value is -2.50. The third-order valence-corrected chi connectivity index (χ3v) is 3.67. The van der Waals surface area contributed by atoms with Crippen molar-refractivity contribution in [3.05, 3.63) is 47.7 Å². The predicted molar refractivity (Wildman–Crippen MR) is 85.8 cm³/mol. The molecule has 2 rings (SSSR count). The highest BCUT2D eigenvalue weighted by molar-refractivity contribution is 5.80. The van der Waals surface area contributed by atoms with Crippen LogP contribution in [0.4, 0.5) is 4.79 Å². The summed E-state index contributed by atoms with van der Waals surface area (Å²) in [5, 5.41) is 11.6. The number of rotatable bonds is 7. The van der Waals surface area contributed by atoms with Crippen LogP contribution in [0.2, 0.25) is 0 Å². The molecule has 1 fully saturated rings. The molecule has 1 aromatic rings. The monoisotopic (exact) mass is 318 g/mol. The van der Waals surface area contributed by atoms with Gasteiger partial charge in [-0.05, 0) is 18.4 Å². The summed E-state index contributed by atoms with van der Waals surface area (Å²) in [7, 11) is 0. The lowest BCUT2D eigenvalue weighted by Gasteiger charge is -2.21. The molecule has 1 heterocycles. The number of amides is 1. The van der Waals surface area contributed by atoms with Crippen LogP contribution >= 0.6 is 0 Å². The first kappa shape index (κ1) is 16.9. The van der Waals surface area contributed by atoms with Gasteiger partial charge in [-0.15, -0.1) is 0 Å². The van der Waals surface area contributed by atoms with E-state index >= 15 is 0 Å². The second-order valence-corrected chi connectivity index (χ2v) is 5.41. The highest BCUT2D eigenvalue weighted by Gasteiger charge is 2.16. The van der Waals surface area contributed by atoms with Crippen LogP contribution in [0.1, 0.15) is 24.8 Å². The zero-order chi connectivity index (χ0) is 16.5. The molecule has 6 nitrogen and oxygen atoms in total. The summed E-state index contributed by atoms with van der Waals surface area (Å²) in [6.07, 6.45) is 3.35. The summed E-state index contributed by atoms with van der Waals surface area (Å²) >= 11 is 0. The van der Waals surface area contributed by atoms with E-state index in [1.54, 1.807) is 0 Å². The molecule has 23 heavy (non-hydrogen) atoms. The van der Waals surface area contributed by atoms with E-state index < -0.39 is 12.1 Å². The third kappa shape index (κ3) is 6.02. The van der Waals surface area contributed by atoms with Gasteiger partial charge in [0.1, 0.15) is 6.61 Å². The van der Waals surface area contributed by atoms with Gasteiger partial charge in [-0.2, -0.15) is 0 Å². The SMILES string of the molecule is O=C(O)C=C(CCNC(=O)OCc1ccccc1)N1CCCC1. The lowest BCUT2D eigenvalue weighted by Crippen LogP contribution is -2.28. The predicted octanol–water partition coefficient (Wildman–Crippen LogP) is 2.37. The van der Waals surface area contributed by atoms with Crippen LogP contribution in [-0.2, 0) is 16.1 Å². The van der Waals surface area contributed by atoms with E-state index in [2.05, 4.69) is 10.2 Å². The molecular weight excluding hydrogens is 296 g/mol. The number of carbonyl (C=O) groups is 2. The van der Waals surface area contributed by atoms with Crippen molar-refractivity contribution in [1.29, 1.82) is 0 Å². The molecule has 0 aliphatic carbocycles. The van der Waals surface area contributed by atoms with Gasteiger partial charge < -0.3 is 20.1 Å². The highest BCUT2D eigenvalue weighted by atomic mass is 16.5. The molecule has 0 atom stereocenters. The molecule has 1 aliphatic heterocycles. The fourth-order valence-corrected chi connectivity index (χ4v) is 2.54. The molecule has 1 saturated heterocycles. The summed E-state index contributed by atoms with van der Waals surface area (Å²) < 4.78 is 5.12. The van der Waals surface area contributed by atoms with Crippen molar-refractivity contribution < 1.29 is 19.4 Å². The lowest BCUT2D eigenvalue weighted by atomic mass is 10.2. The minimum atomic E-state index is -0.960. The van der Waals surface area contributed by atoms with E-state index in [9.17, 15) is 9.59 Å². The second-order valence-electron chi connectivity index (χ2n) is 5.41. The van der Waals surface area contributed by atoms with Crippen molar-refractivity contribution in [1.82, 2.24) is 10.2 Å². The number of carbonyl (C=O) groups excluding carboxylic acids is 1. The van der Waals surface area contributed by atoms with Gasteiger partial charge in [-0.1, -0.05) is 30.3 Å². The Labute approximate surface area is 135 Å². The van der Waals surface area contributed by atoms with Gasteiger partial charge in [0.15, 0.2) is 0 Å². The normalized spacial score (nSPS) is 14.6. The van der Waals surface area contributed by atoms with Crippen molar-refractivity contribution in [2.24, 2.45) is 0 Å². The first-order valence-electron chi connectivity index (χ1n) is 7.78. The average Bonchev–Trinajstić information content (AvgIpc) is 3.07. The van der Waals surface area contributed by atoms with Gasteiger partial charge >= 0.3 is 12.1 Å². The molecule has 0 unspecified atom stereocenters. The molecule has 0 saturated carbocycles. The maximum Gasteiger partial charge on any atom is 0.407 e. The van der Waals surface area contributed by atoms with Crippen molar-refractivity contribution in [2.45, 2.75) is 25.9 Å². The minimum absolute atomic E-state index is 0.219. The van der Waals surface area contributed by atoms with E-state index in [0.717, 1.165) is 37.2 Å². The number of nitrogens with one attached hydrogen (secondary N) is 1. The van der Waals surface area contributed by atoms with Crippen LogP contribution in [0.3, 0.4) is 0 Å². The van der Waals surface area contributed by atoms with E-state index in [-0.39, 0.29) is 6.61 Å². The Morgan fingerprint density at radius 2 is 1.91 bits per heavy atom. The number of aliphatic carboxylic acids is 1. The zero-order valence-electron chi connectivity index (χ0n) is 13.0. The quantitative estimate of drug-likeness (QED) is 0.755. The summed E-state index contributed by atoms with van der Waals surface area (Å²) in [5.74, 6) is -0.960. The first-order chi connectivity index (χ1) is 11.1. The van der Waals surface area contributed by atoms with Gasteiger partial charge in [0.05, 0.1) is 0 Å². The molecule has 2 N–H and O–H groups in total. The van der Waals surface area contributed by atoms with Crippen LogP contribution in [0.15, 0.2) is 42.1 Å². The van der Waals surface area contributed by atoms with Crippen molar-refractivity contribution in [3.8, 4) is 0 Å². The average molecular weight is 318 g/mol. The Morgan fingerprint density at radius 3 is 2.57 bits per heavy atom. The van der Waals surface area contributed by atoms with Crippen LogP contribution < -0.4 is 5.32 Å². The molecule has 0 aromatic heterocycles. The largest absolute Gasteiger partial charge is 0.478 e. The maximum atomic E-state index is 11.7. The topological polar surface area (TPSA) is 78.9 Å². The Balaban J connectivity index is 1.73. The third-order valence-electron chi connectivity index (χ3n) is 3.67. The minimum Gasteiger partial charge on any atom is -0.478 e. The summed E-state index contributed by atoms with van der Waals surface area (Å²) in [6, 6.07) is 9.44. The van der Waals surface area contributed by atoms with Gasteiger partial charge in [0.25, 0.3) is 0 Å². The van der Waals surface area contributed by atoms with E-state index in [4.69, 9.17) is 9.84 Å². The van der Waals surface area contributed by atoms with E-state index in [0.29, 0.717) is 13.0 Å². The van der Waals surface area contributed by atoms with Crippen molar-refractivity contribution >= 4 is 12.1 Å². The van der Waals surface area contributed by atoms with Gasteiger partial charge in [-0.3, -0.25) is 0 Å². The van der Waals surface area contributed by atoms with Crippen molar-refractivity contribution in [3.63, 3.8) is 0 Å². The fourth-order valence-electron chi connectivity index (χ4n) is 2.54. The van der Waals surface area contributed by atoms with E-state index in [1.807, 2.05) is 30.3 Å². The molecule has 1 aliphatic rings. The Morgan fingerprint density at radius 1 is 1.22 bits per heavy atom. The number of benzene rings is 1. The van der Waals surface area contributed by atoms with Gasteiger partial charge in [0.2, 0.25) is 0 Å². The fraction of sp³-hybridized carbons (Fsp3) is 0.412. The molecule has 0 bridgehead atoms. The number of hydrogen-bond donors (Lipinski definition) is 2. The van der Waals surface area contributed by atoms with E-state index in [1.165, 1.54) is 6.08 Å². The molecule has 1 amide bonds. The van der Waals surface area contributed by atoms with Gasteiger partial charge in [0, 0.05) is 37.8 Å². The second kappa shape index (κ2) is 8.82. The van der Waals surface area contributed by atoms with Crippen molar-refractivity contribution in [2.75, 3.05) is 19.6 Å². The number of ether oxygens (including phenoxy) is 1. The summed E-state index contributed by atoms with van der Waals surface area (Å²) in [6.45, 7) is 2.31. The molecular formula is C17H22N2O4. The smallest absolute Gasteiger partial charge is 0.407 e. The molecule has 6 heteroatoms.